The molecule has 140 valence electrons. The van der Waals surface area contributed by atoms with Gasteiger partial charge in [0.2, 0.25) is 0 Å². The monoisotopic (exact) mass is 424 g/mol. The predicted octanol–water partition coefficient (Wildman–Crippen LogP) is 3.86. The fourth-order valence-electron chi connectivity index (χ4n) is 2.89. The van der Waals surface area contributed by atoms with E-state index in [2.05, 4.69) is 0 Å². The first-order valence-electron chi connectivity index (χ1n) is 8.01. The van der Waals surface area contributed by atoms with Crippen molar-refractivity contribution >= 4 is 57.9 Å². The Bertz CT molecular complexity index is 942. The Morgan fingerprint density at radius 2 is 1.67 bits per heavy atom. The van der Waals surface area contributed by atoms with Crippen molar-refractivity contribution in [2.75, 3.05) is 25.1 Å². The van der Waals surface area contributed by atoms with Crippen LogP contribution in [0, 0.1) is 0 Å². The van der Waals surface area contributed by atoms with Crippen LogP contribution in [0.25, 0.3) is 5.57 Å². The van der Waals surface area contributed by atoms with Crippen molar-refractivity contribution in [1.82, 2.24) is 4.90 Å². The Labute approximate surface area is 171 Å². The zero-order chi connectivity index (χ0) is 19.7. The molecule has 2 aromatic rings. The molecule has 1 N–H and O–H groups in total. The molecule has 1 heterocycles. The normalized spacial score (nSPS) is 14.3. The third-order valence-corrected chi connectivity index (χ3v) is 5.24. The third-order valence-electron chi connectivity index (χ3n) is 4.18. The van der Waals surface area contributed by atoms with Crippen LogP contribution < -0.4 is 4.90 Å². The number of rotatable bonds is 5. The molecule has 0 unspecified atom stereocenters. The number of imide groups is 1. The van der Waals surface area contributed by atoms with Gasteiger partial charge >= 0.3 is 0 Å². The van der Waals surface area contributed by atoms with E-state index in [0.717, 1.165) is 4.90 Å². The molecule has 0 saturated heterocycles. The molecule has 0 aliphatic carbocycles. The summed E-state index contributed by atoms with van der Waals surface area (Å²) in [6.07, 6.45) is 0. The van der Waals surface area contributed by atoms with Crippen LogP contribution in [-0.2, 0) is 9.59 Å². The summed E-state index contributed by atoms with van der Waals surface area (Å²) in [6.45, 7) is 0.00977. The van der Waals surface area contributed by atoms with Crippen molar-refractivity contribution in [3.63, 3.8) is 0 Å². The van der Waals surface area contributed by atoms with E-state index < -0.39 is 11.8 Å². The molecule has 0 saturated carbocycles. The van der Waals surface area contributed by atoms with Crippen LogP contribution in [0.5, 0.6) is 0 Å². The summed E-state index contributed by atoms with van der Waals surface area (Å²) in [5.74, 6) is -1.06. The van der Waals surface area contributed by atoms with Crippen molar-refractivity contribution in [3.8, 4) is 0 Å². The predicted molar refractivity (Wildman–Crippen MR) is 107 cm³/mol. The molecule has 0 aromatic heterocycles. The van der Waals surface area contributed by atoms with E-state index >= 15 is 0 Å². The van der Waals surface area contributed by atoms with E-state index in [1.165, 1.54) is 0 Å². The molecule has 0 atom stereocenters. The van der Waals surface area contributed by atoms with Gasteiger partial charge < -0.3 is 10.0 Å². The maximum Gasteiger partial charge on any atom is 0.282 e. The number of carbonyl (C=O) groups excluding carboxylic acids is 2. The standard InChI is InChI=1S/C19H15Cl3N2O3/c1-23(9-10-25)17-15(11-5-7-12(20)8-6-11)18(26)24(19(17)27)14-4-2-3-13(21)16(14)22/h2-8,25H,9-10H2,1H3. The van der Waals surface area contributed by atoms with Gasteiger partial charge in [-0.25, -0.2) is 4.90 Å². The summed E-state index contributed by atoms with van der Waals surface area (Å²) in [6, 6.07) is 11.4. The molecule has 0 spiro atoms. The summed E-state index contributed by atoms with van der Waals surface area (Å²) in [5, 5.41) is 10.1. The van der Waals surface area contributed by atoms with Gasteiger partial charge in [-0.05, 0) is 29.8 Å². The van der Waals surface area contributed by atoms with Crippen molar-refractivity contribution in [2.24, 2.45) is 0 Å². The van der Waals surface area contributed by atoms with Crippen LogP contribution in [0.2, 0.25) is 15.1 Å². The Hall–Kier alpha value is -2.05. The maximum atomic E-state index is 13.2. The van der Waals surface area contributed by atoms with Crippen LogP contribution in [-0.4, -0.2) is 42.0 Å². The SMILES string of the molecule is CN(CCO)C1=C(c2ccc(Cl)cc2)C(=O)N(c2cccc(Cl)c2Cl)C1=O. The molecule has 0 bridgehead atoms. The fraction of sp³-hybridized carbons (Fsp3) is 0.158. The number of aliphatic hydroxyl groups is 1. The molecule has 27 heavy (non-hydrogen) atoms. The lowest BCUT2D eigenvalue weighted by molar-refractivity contribution is -0.120. The number of likely N-dealkylation sites (N-methyl/N-ethyl adjacent to an activating group) is 1. The number of nitrogens with zero attached hydrogens (tertiary/aromatic N) is 2. The molecular formula is C19H15Cl3N2O3. The fourth-order valence-corrected chi connectivity index (χ4v) is 3.40. The molecule has 2 amide bonds. The highest BCUT2D eigenvalue weighted by Crippen LogP contribution is 2.39. The Morgan fingerprint density at radius 3 is 2.30 bits per heavy atom. The molecule has 3 rings (SSSR count). The van der Waals surface area contributed by atoms with Gasteiger partial charge in [-0.2, -0.15) is 0 Å². The third kappa shape index (κ3) is 3.56. The maximum absolute atomic E-state index is 13.2. The lowest BCUT2D eigenvalue weighted by Crippen LogP contribution is -2.35. The van der Waals surface area contributed by atoms with Crippen molar-refractivity contribution < 1.29 is 14.7 Å². The molecule has 1 aliphatic heterocycles. The van der Waals surface area contributed by atoms with Gasteiger partial charge in [-0.1, -0.05) is 53.0 Å². The number of hydrogen-bond acceptors (Lipinski definition) is 4. The average Bonchev–Trinajstić information content (AvgIpc) is 2.89. The highest BCUT2D eigenvalue weighted by atomic mass is 35.5. The number of hydrogen-bond donors (Lipinski definition) is 1. The highest BCUT2D eigenvalue weighted by molar-refractivity contribution is 6.49. The summed E-state index contributed by atoms with van der Waals surface area (Å²) in [7, 11) is 1.63. The minimum Gasteiger partial charge on any atom is -0.395 e. The van der Waals surface area contributed by atoms with E-state index in [9.17, 15) is 14.7 Å². The second-order valence-electron chi connectivity index (χ2n) is 5.89. The molecule has 5 nitrogen and oxygen atoms in total. The number of halogens is 3. The molecule has 2 aromatic carbocycles. The van der Waals surface area contributed by atoms with Gasteiger partial charge in [-0.3, -0.25) is 9.59 Å². The highest BCUT2D eigenvalue weighted by Gasteiger charge is 2.42. The van der Waals surface area contributed by atoms with Crippen LogP contribution in [0.1, 0.15) is 5.56 Å². The molecule has 0 radical (unpaired) electrons. The number of amides is 2. The van der Waals surface area contributed by atoms with Gasteiger partial charge in [0.15, 0.2) is 0 Å². The largest absolute Gasteiger partial charge is 0.395 e. The number of benzene rings is 2. The zero-order valence-corrected chi connectivity index (χ0v) is 16.5. The second-order valence-corrected chi connectivity index (χ2v) is 7.12. The first-order chi connectivity index (χ1) is 12.9. The lowest BCUT2D eigenvalue weighted by Gasteiger charge is -2.21. The van der Waals surface area contributed by atoms with E-state index in [4.69, 9.17) is 34.8 Å². The molecular weight excluding hydrogens is 411 g/mol. The van der Waals surface area contributed by atoms with Crippen LogP contribution >= 0.6 is 34.8 Å². The number of carbonyl (C=O) groups is 2. The number of aliphatic hydroxyl groups excluding tert-OH is 1. The van der Waals surface area contributed by atoms with E-state index in [0.29, 0.717) is 10.6 Å². The Balaban J connectivity index is 2.16. The van der Waals surface area contributed by atoms with Crippen molar-refractivity contribution in [1.29, 1.82) is 0 Å². The van der Waals surface area contributed by atoms with Crippen LogP contribution in [0.3, 0.4) is 0 Å². The molecule has 0 fully saturated rings. The smallest absolute Gasteiger partial charge is 0.282 e. The van der Waals surface area contributed by atoms with E-state index in [-0.39, 0.29) is 40.2 Å². The minimum absolute atomic E-state index is 0.113. The average molecular weight is 426 g/mol. The van der Waals surface area contributed by atoms with E-state index in [1.54, 1.807) is 54.4 Å². The molecule has 8 heteroatoms. The summed E-state index contributed by atoms with van der Waals surface area (Å²) in [5.41, 5.74) is 1.13. The summed E-state index contributed by atoms with van der Waals surface area (Å²) >= 11 is 18.2. The summed E-state index contributed by atoms with van der Waals surface area (Å²) in [4.78, 5) is 28.9. The van der Waals surface area contributed by atoms with Crippen molar-refractivity contribution in [2.45, 2.75) is 0 Å². The first-order valence-corrected chi connectivity index (χ1v) is 9.15. The van der Waals surface area contributed by atoms with Gasteiger partial charge in [-0.15, -0.1) is 0 Å². The van der Waals surface area contributed by atoms with Gasteiger partial charge in [0.25, 0.3) is 11.8 Å². The van der Waals surface area contributed by atoms with E-state index in [1.807, 2.05) is 0 Å². The Kier molecular flexibility index (Phi) is 5.77. The summed E-state index contributed by atoms with van der Waals surface area (Å²) < 4.78 is 0. The minimum atomic E-state index is -0.537. The van der Waals surface area contributed by atoms with Crippen molar-refractivity contribution in [3.05, 3.63) is 68.8 Å². The van der Waals surface area contributed by atoms with Gasteiger partial charge in [0, 0.05) is 18.6 Å². The van der Waals surface area contributed by atoms with Gasteiger partial charge in [0.05, 0.1) is 27.9 Å². The molecule has 1 aliphatic rings. The quantitative estimate of drug-likeness (QED) is 0.739. The van der Waals surface area contributed by atoms with Crippen LogP contribution in [0.15, 0.2) is 48.2 Å². The number of anilines is 1. The second kappa shape index (κ2) is 7.90. The first kappa shape index (κ1) is 19.7. The lowest BCUT2D eigenvalue weighted by atomic mass is 10.0. The zero-order valence-electron chi connectivity index (χ0n) is 14.2. The van der Waals surface area contributed by atoms with Crippen LogP contribution in [0.4, 0.5) is 5.69 Å². The van der Waals surface area contributed by atoms with Gasteiger partial charge in [0.1, 0.15) is 5.70 Å². The topological polar surface area (TPSA) is 60.9 Å². The Morgan fingerprint density at radius 1 is 1.00 bits per heavy atom.